The van der Waals surface area contributed by atoms with Crippen LogP contribution in [-0.2, 0) is 9.53 Å². The van der Waals surface area contributed by atoms with Gasteiger partial charge in [-0.25, -0.2) is 9.59 Å². The molecule has 1 amide bonds. The Morgan fingerprint density at radius 3 is 2.36 bits per heavy atom. The number of amides is 1. The van der Waals surface area contributed by atoms with E-state index in [0.717, 1.165) is 11.5 Å². The van der Waals surface area contributed by atoms with Gasteiger partial charge in [-0.05, 0) is 23.6 Å². The first-order valence-electron chi connectivity index (χ1n) is 8.67. The van der Waals surface area contributed by atoms with Crippen molar-refractivity contribution in [1.82, 2.24) is 0 Å². The maximum atomic E-state index is 12.4. The summed E-state index contributed by atoms with van der Waals surface area (Å²) in [6, 6.07) is 19.3. The van der Waals surface area contributed by atoms with Gasteiger partial charge in [0.05, 0.1) is 0 Å². The Balaban J connectivity index is 1.90. The summed E-state index contributed by atoms with van der Waals surface area (Å²) in [5.41, 5.74) is 1.26. The van der Waals surface area contributed by atoms with Gasteiger partial charge in [0.25, 0.3) is 0 Å². The number of phenolic OH excluding ortho intramolecular Hbond substituents is 1. The van der Waals surface area contributed by atoms with E-state index in [1.54, 1.807) is 42.5 Å². The SMILES string of the molecule is O=C(O)/C=C/C[C@@H](OC(=O)Nc1ccccc1)c1ccc(O)c2ccccc12. The van der Waals surface area contributed by atoms with E-state index in [-0.39, 0.29) is 12.2 Å². The van der Waals surface area contributed by atoms with Crippen LogP contribution >= 0.6 is 0 Å². The average Bonchev–Trinajstić information content (AvgIpc) is 2.68. The zero-order valence-electron chi connectivity index (χ0n) is 14.9. The predicted octanol–water partition coefficient (Wildman–Crippen LogP) is 4.87. The van der Waals surface area contributed by atoms with Crippen LogP contribution in [0.2, 0.25) is 0 Å². The first-order valence-corrected chi connectivity index (χ1v) is 8.67. The number of carbonyl (C=O) groups is 2. The van der Waals surface area contributed by atoms with Crippen molar-refractivity contribution < 1.29 is 24.5 Å². The quantitative estimate of drug-likeness (QED) is 0.533. The summed E-state index contributed by atoms with van der Waals surface area (Å²) in [5.74, 6) is -0.962. The Kier molecular flexibility index (Phi) is 5.91. The van der Waals surface area contributed by atoms with Crippen molar-refractivity contribution in [2.24, 2.45) is 0 Å². The molecule has 1 atom stereocenters. The molecule has 3 aromatic rings. The highest BCUT2D eigenvalue weighted by molar-refractivity contribution is 5.91. The van der Waals surface area contributed by atoms with Crippen molar-refractivity contribution in [1.29, 1.82) is 0 Å². The number of rotatable bonds is 6. The maximum absolute atomic E-state index is 12.4. The Morgan fingerprint density at radius 1 is 0.964 bits per heavy atom. The standard InChI is InChI=1S/C22H19NO5/c24-19-14-13-18(16-9-4-5-10-17(16)19)20(11-6-12-21(25)26)28-22(27)23-15-7-2-1-3-8-15/h1-10,12-14,20,24H,11H2,(H,23,27)(H,25,26)/b12-6+/t20-/m1/s1. The molecule has 0 unspecified atom stereocenters. The number of anilines is 1. The fraction of sp³-hybridized carbons (Fsp3) is 0.0909. The number of ether oxygens (including phenoxy) is 1. The van der Waals surface area contributed by atoms with Crippen molar-refractivity contribution in [3.8, 4) is 5.75 Å². The van der Waals surface area contributed by atoms with E-state index in [2.05, 4.69) is 5.32 Å². The van der Waals surface area contributed by atoms with Crippen LogP contribution in [0.15, 0.2) is 78.9 Å². The van der Waals surface area contributed by atoms with Gasteiger partial charge in [-0.1, -0.05) is 54.6 Å². The molecule has 0 fully saturated rings. The summed E-state index contributed by atoms with van der Waals surface area (Å²) in [4.78, 5) is 23.2. The molecule has 6 nitrogen and oxygen atoms in total. The van der Waals surface area contributed by atoms with E-state index in [1.165, 1.54) is 12.1 Å². The van der Waals surface area contributed by atoms with E-state index in [0.29, 0.717) is 16.6 Å². The minimum absolute atomic E-state index is 0.118. The first-order chi connectivity index (χ1) is 13.5. The van der Waals surface area contributed by atoms with Crippen LogP contribution in [0.3, 0.4) is 0 Å². The second-order valence-corrected chi connectivity index (χ2v) is 6.08. The number of aliphatic carboxylic acids is 1. The summed E-state index contributed by atoms with van der Waals surface area (Å²) in [6.45, 7) is 0. The molecule has 0 radical (unpaired) electrons. The number of hydrogen-bond donors (Lipinski definition) is 3. The molecule has 3 aromatic carbocycles. The number of hydrogen-bond acceptors (Lipinski definition) is 4. The fourth-order valence-electron chi connectivity index (χ4n) is 2.92. The molecule has 142 valence electrons. The Labute approximate surface area is 161 Å². The highest BCUT2D eigenvalue weighted by Gasteiger charge is 2.19. The number of phenols is 1. The summed E-state index contributed by atoms with van der Waals surface area (Å²) < 4.78 is 5.59. The van der Waals surface area contributed by atoms with Crippen molar-refractivity contribution in [3.63, 3.8) is 0 Å². The van der Waals surface area contributed by atoms with Crippen LogP contribution in [0.5, 0.6) is 5.75 Å². The Hall–Kier alpha value is -3.80. The summed E-state index contributed by atoms with van der Waals surface area (Å²) in [7, 11) is 0. The van der Waals surface area contributed by atoms with Crippen LogP contribution in [0.1, 0.15) is 18.1 Å². The number of aromatic hydroxyl groups is 1. The molecule has 28 heavy (non-hydrogen) atoms. The van der Waals surface area contributed by atoms with Gasteiger partial charge in [0.1, 0.15) is 11.9 Å². The largest absolute Gasteiger partial charge is 0.507 e. The second kappa shape index (κ2) is 8.73. The maximum Gasteiger partial charge on any atom is 0.412 e. The zero-order valence-corrected chi connectivity index (χ0v) is 14.9. The molecular formula is C22H19NO5. The predicted molar refractivity (Wildman–Crippen MR) is 106 cm³/mol. The van der Waals surface area contributed by atoms with Gasteiger partial charge < -0.3 is 14.9 Å². The Morgan fingerprint density at radius 2 is 1.64 bits per heavy atom. The molecule has 0 aromatic heterocycles. The molecule has 0 saturated heterocycles. The van der Waals surface area contributed by atoms with Crippen LogP contribution in [0, 0.1) is 0 Å². The molecule has 0 aliphatic rings. The molecule has 6 heteroatoms. The monoisotopic (exact) mass is 377 g/mol. The lowest BCUT2D eigenvalue weighted by molar-refractivity contribution is -0.131. The molecular weight excluding hydrogens is 358 g/mol. The van der Waals surface area contributed by atoms with Crippen molar-refractivity contribution in [3.05, 3.63) is 84.4 Å². The molecule has 0 heterocycles. The third-order valence-electron chi connectivity index (χ3n) is 4.16. The smallest absolute Gasteiger partial charge is 0.412 e. The van der Waals surface area contributed by atoms with Gasteiger partial charge in [0, 0.05) is 29.1 Å². The lowest BCUT2D eigenvalue weighted by atomic mass is 9.97. The number of carboxylic acids is 1. The van der Waals surface area contributed by atoms with Gasteiger partial charge in [0.15, 0.2) is 0 Å². The van der Waals surface area contributed by atoms with Crippen LogP contribution in [0.25, 0.3) is 10.8 Å². The van der Waals surface area contributed by atoms with E-state index in [1.807, 2.05) is 18.2 Å². The van der Waals surface area contributed by atoms with E-state index >= 15 is 0 Å². The second-order valence-electron chi connectivity index (χ2n) is 6.08. The van der Waals surface area contributed by atoms with Crippen molar-refractivity contribution in [2.45, 2.75) is 12.5 Å². The lowest BCUT2D eigenvalue weighted by Gasteiger charge is -2.19. The van der Waals surface area contributed by atoms with Gasteiger partial charge >= 0.3 is 12.1 Å². The van der Waals surface area contributed by atoms with Gasteiger partial charge in [0.2, 0.25) is 0 Å². The normalized spacial score (nSPS) is 12.0. The number of nitrogens with one attached hydrogen (secondary N) is 1. The van der Waals surface area contributed by atoms with Gasteiger partial charge in [-0.2, -0.15) is 0 Å². The third kappa shape index (κ3) is 4.67. The van der Waals surface area contributed by atoms with Gasteiger partial charge in [-0.15, -0.1) is 0 Å². The molecule has 3 N–H and O–H groups in total. The third-order valence-corrected chi connectivity index (χ3v) is 4.16. The number of benzene rings is 3. The molecule has 0 spiro atoms. The first kappa shape index (κ1) is 19.0. The average molecular weight is 377 g/mol. The molecule has 0 bridgehead atoms. The fourth-order valence-corrected chi connectivity index (χ4v) is 2.92. The summed E-state index contributed by atoms with van der Waals surface area (Å²) >= 11 is 0. The molecule has 0 saturated carbocycles. The van der Waals surface area contributed by atoms with E-state index in [4.69, 9.17) is 9.84 Å². The van der Waals surface area contributed by atoms with E-state index < -0.39 is 18.2 Å². The molecule has 0 aliphatic carbocycles. The van der Waals surface area contributed by atoms with Crippen molar-refractivity contribution in [2.75, 3.05) is 5.32 Å². The summed E-state index contributed by atoms with van der Waals surface area (Å²) in [5, 5.41) is 22.9. The van der Waals surface area contributed by atoms with Crippen LogP contribution in [-0.4, -0.2) is 22.3 Å². The summed E-state index contributed by atoms with van der Waals surface area (Å²) in [6.07, 6.45) is 1.23. The molecule has 0 aliphatic heterocycles. The number of para-hydroxylation sites is 1. The number of carbonyl (C=O) groups excluding carboxylic acids is 1. The van der Waals surface area contributed by atoms with Crippen LogP contribution in [0.4, 0.5) is 10.5 Å². The molecule has 3 rings (SSSR count). The topological polar surface area (TPSA) is 95.9 Å². The Bertz CT molecular complexity index is 1010. The number of carboxylic acid groups (broad SMARTS) is 1. The minimum Gasteiger partial charge on any atom is -0.507 e. The van der Waals surface area contributed by atoms with Gasteiger partial charge in [-0.3, -0.25) is 5.32 Å². The lowest BCUT2D eigenvalue weighted by Crippen LogP contribution is -2.17. The van der Waals surface area contributed by atoms with Crippen LogP contribution < -0.4 is 5.32 Å². The zero-order chi connectivity index (χ0) is 19.9. The van der Waals surface area contributed by atoms with Crippen molar-refractivity contribution >= 4 is 28.5 Å². The highest BCUT2D eigenvalue weighted by atomic mass is 16.6. The van der Waals surface area contributed by atoms with E-state index in [9.17, 15) is 14.7 Å². The number of fused-ring (bicyclic) bond motifs is 1. The highest BCUT2D eigenvalue weighted by Crippen LogP contribution is 2.34. The minimum atomic E-state index is -1.08.